The van der Waals surface area contributed by atoms with E-state index in [0.29, 0.717) is 5.56 Å². The number of halogens is 2. The van der Waals surface area contributed by atoms with Gasteiger partial charge in [-0.15, -0.1) is 0 Å². The van der Waals surface area contributed by atoms with Crippen LogP contribution >= 0.6 is 11.6 Å². The Bertz CT molecular complexity index is 324. The summed E-state index contributed by atoms with van der Waals surface area (Å²) in [6.07, 6.45) is 0. The normalized spacial score (nSPS) is 15.2. The van der Waals surface area contributed by atoms with Gasteiger partial charge in [0.2, 0.25) is 0 Å². The lowest BCUT2D eigenvalue weighted by Gasteiger charge is -2.27. The van der Waals surface area contributed by atoms with Crippen LogP contribution in [-0.2, 0) is 10.3 Å². The lowest BCUT2D eigenvalue weighted by molar-refractivity contribution is -0.0421. The molecule has 0 amide bonds. The van der Waals surface area contributed by atoms with Crippen molar-refractivity contribution in [1.29, 1.82) is 0 Å². The molecule has 1 aromatic rings. The van der Waals surface area contributed by atoms with Gasteiger partial charge in [-0.3, -0.25) is 0 Å². The molecule has 0 aromatic heterocycles. The van der Waals surface area contributed by atoms with Crippen molar-refractivity contribution in [1.82, 2.24) is 0 Å². The van der Waals surface area contributed by atoms with Crippen LogP contribution in [0.25, 0.3) is 0 Å². The van der Waals surface area contributed by atoms with Gasteiger partial charge >= 0.3 is 0 Å². The van der Waals surface area contributed by atoms with Crippen molar-refractivity contribution < 1.29 is 14.2 Å². The van der Waals surface area contributed by atoms with E-state index in [1.807, 2.05) is 0 Å². The maximum absolute atomic E-state index is 12.8. The number of methoxy groups -OCH3 is 1. The third kappa shape index (κ3) is 2.05. The molecule has 1 unspecified atom stereocenters. The van der Waals surface area contributed by atoms with Crippen molar-refractivity contribution in [2.45, 2.75) is 12.5 Å². The first-order chi connectivity index (χ1) is 6.53. The molecule has 0 spiro atoms. The van der Waals surface area contributed by atoms with Crippen molar-refractivity contribution >= 4 is 11.6 Å². The zero-order chi connectivity index (χ0) is 10.8. The van der Waals surface area contributed by atoms with Crippen LogP contribution in [0.15, 0.2) is 18.2 Å². The van der Waals surface area contributed by atoms with Crippen LogP contribution in [0.2, 0.25) is 5.02 Å². The number of aliphatic hydroxyl groups is 1. The molecule has 0 saturated heterocycles. The smallest absolute Gasteiger partial charge is 0.124 e. The van der Waals surface area contributed by atoms with Gasteiger partial charge in [-0.05, 0) is 19.1 Å². The van der Waals surface area contributed by atoms with Crippen LogP contribution in [0.1, 0.15) is 12.5 Å². The van der Waals surface area contributed by atoms with Gasteiger partial charge in [0.1, 0.15) is 11.4 Å². The van der Waals surface area contributed by atoms with Crippen molar-refractivity contribution in [3.05, 3.63) is 34.6 Å². The van der Waals surface area contributed by atoms with Gasteiger partial charge < -0.3 is 9.84 Å². The second-order valence-electron chi connectivity index (χ2n) is 3.22. The van der Waals surface area contributed by atoms with Crippen molar-refractivity contribution in [2.24, 2.45) is 0 Å². The van der Waals surface area contributed by atoms with Gasteiger partial charge in [0, 0.05) is 17.7 Å². The van der Waals surface area contributed by atoms with Crippen LogP contribution in [0.5, 0.6) is 0 Å². The SMILES string of the molecule is COC(C)(CO)c1ccc(F)cc1Cl. The Morgan fingerprint density at radius 1 is 1.57 bits per heavy atom. The quantitative estimate of drug-likeness (QED) is 0.844. The zero-order valence-electron chi connectivity index (χ0n) is 8.05. The number of hydrogen-bond acceptors (Lipinski definition) is 2. The molecule has 78 valence electrons. The van der Waals surface area contributed by atoms with Gasteiger partial charge in [-0.25, -0.2) is 4.39 Å². The minimum Gasteiger partial charge on any atom is -0.393 e. The molecule has 14 heavy (non-hydrogen) atoms. The summed E-state index contributed by atoms with van der Waals surface area (Å²) in [6, 6.07) is 4.00. The average molecular weight is 219 g/mol. The zero-order valence-corrected chi connectivity index (χ0v) is 8.81. The summed E-state index contributed by atoms with van der Waals surface area (Å²) in [5.41, 5.74) is -0.310. The molecule has 1 N–H and O–H groups in total. The molecular formula is C10H12ClFO2. The maximum Gasteiger partial charge on any atom is 0.124 e. The highest BCUT2D eigenvalue weighted by atomic mass is 35.5. The Labute approximate surface area is 87.3 Å². The average Bonchev–Trinajstić information content (AvgIpc) is 2.17. The van der Waals surface area contributed by atoms with E-state index in [4.69, 9.17) is 21.4 Å². The summed E-state index contributed by atoms with van der Waals surface area (Å²) < 4.78 is 17.9. The molecule has 0 aliphatic rings. The molecule has 1 atom stereocenters. The topological polar surface area (TPSA) is 29.5 Å². The molecule has 0 aliphatic carbocycles. The number of hydrogen-bond donors (Lipinski definition) is 1. The van der Waals surface area contributed by atoms with E-state index < -0.39 is 11.4 Å². The standard InChI is InChI=1S/C10H12ClFO2/c1-10(6-13,14-2)8-4-3-7(12)5-9(8)11/h3-5,13H,6H2,1-2H3. The fourth-order valence-electron chi connectivity index (χ4n) is 1.18. The van der Waals surface area contributed by atoms with Gasteiger partial charge in [0.15, 0.2) is 0 Å². The first-order valence-corrected chi connectivity index (χ1v) is 4.53. The first kappa shape index (κ1) is 11.4. The van der Waals surface area contributed by atoms with Gasteiger partial charge in [-0.1, -0.05) is 17.7 Å². The predicted molar refractivity (Wildman–Crippen MR) is 52.9 cm³/mol. The van der Waals surface area contributed by atoms with Crippen LogP contribution in [0.4, 0.5) is 4.39 Å². The third-order valence-electron chi connectivity index (χ3n) is 2.25. The molecule has 2 nitrogen and oxygen atoms in total. The fraction of sp³-hybridized carbons (Fsp3) is 0.400. The number of ether oxygens (including phenoxy) is 1. The van der Waals surface area contributed by atoms with E-state index in [9.17, 15) is 4.39 Å². The lowest BCUT2D eigenvalue weighted by atomic mass is 9.96. The first-order valence-electron chi connectivity index (χ1n) is 4.15. The van der Waals surface area contributed by atoms with Crippen molar-refractivity contribution in [2.75, 3.05) is 13.7 Å². The van der Waals surface area contributed by atoms with Gasteiger partial charge in [0.05, 0.1) is 6.61 Å². The highest BCUT2D eigenvalue weighted by Gasteiger charge is 2.27. The summed E-state index contributed by atoms with van der Waals surface area (Å²) in [5.74, 6) is -0.407. The molecular weight excluding hydrogens is 207 g/mol. The minimum atomic E-state index is -0.884. The van der Waals surface area contributed by atoms with Crippen molar-refractivity contribution in [3.8, 4) is 0 Å². The van der Waals surface area contributed by atoms with Crippen molar-refractivity contribution in [3.63, 3.8) is 0 Å². The number of aliphatic hydroxyl groups excluding tert-OH is 1. The summed E-state index contributed by atoms with van der Waals surface area (Å²) in [6.45, 7) is 1.47. The molecule has 1 rings (SSSR count). The second-order valence-corrected chi connectivity index (χ2v) is 3.62. The summed E-state index contributed by atoms with van der Waals surface area (Å²) in [7, 11) is 1.47. The summed E-state index contributed by atoms with van der Waals surface area (Å²) in [4.78, 5) is 0. The van der Waals surface area contributed by atoms with Crippen LogP contribution in [0.3, 0.4) is 0 Å². The monoisotopic (exact) mass is 218 g/mol. The van der Waals surface area contributed by atoms with E-state index >= 15 is 0 Å². The van der Waals surface area contributed by atoms with E-state index in [-0.39, 0.29) is 11.6 Å². The molecule has 1 aromatic carbocycles. The number of rotatable bonds is 3. The molecule has 0 saturated carbocycles. The second kappa shape index (κ2) is 4.26. The van der Waals surface area contributed by atoms with Gasteiger partial charge in [0.25, 0.3) is 0 Å². The Hall–Kier alpha value is -0.640. The highest BCUT2D eigenvalue weighted by Crippen LogP contribution is 2.30. The predicted octanol–water partition coefficient (Wildman–Crippen LogP) is 2.33. The Morgan fingerprint density at radius 2 is 2.21 bits per heavy atom. The van der Waals surface area contributed by atoms with E-state index in [2.05, 4.69) is 0 Å². The van der Waals surface area contributed by atoms with Crippen LogP contribution in [0, 0.1) is 5.82 Å². The molecule has 4 heteroatoms. The van der Waals surface area contributed by atoms with E-state index in [1.54, 1.807) is 6.92 Å². The molecule has 0 radical (unpaired) electrons. The maximum atomic E-state index is 12.8. The fourth-order valence-corrected chi connectivity index (χ4v) is 1.55. The molecule has 0 heterocycles. The Morgan fingerprint density at radius 3 is 2.64 bits per heavy atom. The number of benzene rings is 1. The van der Waals surface area contributed by atoms with E-state index in [0.717, 1.165) is 0 Å². The minimum absolute atomic E-state index is 0.213. The van der Waals surface area contributed by atoms with Crippen LogP contribution in [-0.4, -0.2) is 18.8 Å². The third-order valence-corrected chi connectivity index (χ3v) is 2.57. The van der Waals surface area contributed by atoms with Crippen LogP contribution < -0.4 is 0 Å². The molecule has 0 aliphatic heterocycles. The summed E-state index contributed by atoms with van der Waals surface area (Å²) >= 11 is 5.84. The Kier molecular flexibility index (Phi) is 3.48. The highest BCUT2D eigenvalue weighted by molar-refractivity contribution is 6.31. The van der Waals surface area contributed by atoms with Gasteiger partial charge in [-0.2, -0.15) is 0 Å². The van der Waals surface area contributed by atoms with E-state index in [1.165, 1.54) is 25.3 Å². The Balaban J connectivity index is 3.17. The molecule has 0 fully saturated rings. The largest absolute Gasteiger partial charge is 0.393 e. The summed E-state index contributed by atoms with van der Waals surface area (Å²) in [5, 5.41) is 9.41. The lowest BCUT2D eigenvalue weighted by Crippen LogP contribution is -2.29. The molecule has 0 bridgehead atoms.